The number of carbonyl (C=O) groups is 2. The van der Waals surface area contributed by atoms with Crippen molar-refractivity contribution in [3.63, 3.8) is 0 Å². The first-order valence-corrected chi connectivity index (χ1v) is 5.23. The highest BCUT2D eigenvalue weighted by molar-refractivity contribution is 5.83. The molecule has 0 amide bonds. The summed E-state index contributed by atoms with van der Waals surface area (Å²) in [7, 11) is 0. The van der Waals surface area contributed by atoms with E-state index in [-0.39, 0.29) is 37.6 Å². The molecule has 0 radical (unpaired) electrons. The van der Waals surface area contributed by atoms with Gasteiger partial charge in [-0.25, -0.2) is 0 Å². The molecule has 0 heterocycles. The van der Waals surface area contributed by atoms with Crippen LogP contribution in [0.4, 0.5) is 0 Å². The zero-order valence-corrected chi connectivity index (χ0v) is 9.24. The van der Waals surface area contributed by atoms with Crippen LogP contribution < -0.4 is 5.11 Å². The molecule has 16 heavy (non-hydrogen) atoms. The molecule has 0 rings (SSSR count). The number of ether oxygens (including phenoxy) is 1. The quantitative estimate of drug-likeness (QED) is 0.335. The monoisotopic (exact) mass is 229 g/mol. The number of aliphatic carboxylic acids is 1. The number of rotatable bonds is 9. The number of unbranched alkanes of at least 4 members (excludes halogenated alkanes) is 2. The number of hydrogen-bond acceptors (Lipinski definition) is 5. The molecule has 0 aromatic rings. The summed E-state index contributed by atoms with van der Waals surface area (Å²) in [5.74, 6) is -1.68. The normalized spacial score (nSPS) is 9.81. The van der Waals surface area contributed by atoms with Crippen molar-refractivity contribution >= 4 is 11.9 Å². The summed E-state index contributed by atoms with van der Waals surface area (Å²) in [5.41, 5.74) is -0.0759. The fourth-order valence-corrected chi connectivity index (χ4v) is 1.02. The first kappa shape index (κ1) is 14.6. The maximum Gasteiger partial charge on any atom is 0.305 e. The molecule has 0 atom stereocenters. The van der Waals surface area contributed by atoms with E-state index in [0.717, 1.165) is 6.42 Å². The Balaban J connectivity index is 3.44. The van der Waals surface area contributed by atoms with Gasteiger partial charge < -0.3 is 19.7 Å². The Morgan fingerprint density at radius 3 is 2.44 bits per heavy atom. The number of carbonyl (C=O) groups excluding carboxylic acids is 2. The second kappa shape index (κ2) is 8.91. The van der Waals surface area contributed by atoms with Crippen molar-refractivity contribution < 1.29 is 24.5 Å². The molecule has 92 valence electrons. The Labute approximate surface area is 94.7 Å². The van der Waals surface area contributed by atoms with E-state index in [1.807, 2.05) is 0 Å². The summed E-state index contributed by atoms with van der Waals surface area (Å²) in [5, 5.41) is 18.7. The number of esters is 1. The van der Waals surface area contributed by atoms with Gasteiger partial charge >= 0.3 is 5.97 Å². The van der Waals surface area contributed by atoms with Crippen molar-refractivity contribution in [1.82, 2.24) is 0 Å². The molecule has 0 bridgehead atoms. The molecule has 5 heteroatoms. The van der Waals surface area contributed by atoms with Gasteiger partial charge in [-0.15, -0.1) is 0 Å². The van der Waals surface area contributed by atoms with E-state index in [2.05, 4.69) is 6.58 Å². The molecular weight excluding hydrogens is 212 g/mol. The molecule has 0 unspecified atom stereocenters. The van der Waals surface area contributed by atoms with Gasteiger partial charge in [-0.1, -0.05) is 13.0 Å². The van der Waals surface area contributed by atoms with Crippen molar-refractivity contribution in [2.45, 2.75) is 32.1 Å². The van der Waals surface area contributed by atoms with E-state index in [9.17, 15) is 14.7 Å². The van der Waals surface area contributed by atoms with E-state index in [1.54, 1.807) is 0 Å². The third-order valence-corrected chi connectivity index (χ3v) is 1.99. The summed E-state index contributed by atoms with van der Waals surface area (Å²) in [6.07, 6.45) is 2.50. The fourth-order valence-electron chi connectivity index (χ4n) is 1.02. The van der Waals surface area contributed by atoms with Gasteiger partial charge in [-0.3, -0.25) is 4.79 Å². The topological polar surface area (TPSA) is 86.7 Å². The zero-order chi connectivity index (χ0) is 12.4. The third-order valence-electron chi connectivity index (χ3n) is 1.99. The lowest BCUT2D eigenvalue weighted by Gasteiger charge is -2.07. The van der Waals surface area contributed by atoms with Crippen LogP contribution in [0.25, 0.3) is 0 Å². The van der Waals surface area contributed by atoms with Gasteiger partial charge in [0.2, 0.25) is 0 Å². The Morgan fingerprint density at radius 2 is 1.88 bits per heavy atom. The van der Waals surface area contributed by atoms with Gasteiger partial charge in [-0.05, 0) is 18.4 Å². The predicted octanol–water partition coefficient (Wildman–Crippen LogP) is -0.221. The van der Waals surface area contributed by atoms with E-state index < -0.39 is 5.97 Å². The van der Waals surface area contributed by atoms with Crippen LogP contribution in [0.15, 0.2) is 12.2 Å². The van der Waals surface area contributed by atoms with Crippen LogP contribution in [0, 0.1) is 0 Å². The average molecular weight is 229 g/mol. The molecule has 0 aliphatic heterocycles. The largest absolute Gasteiger partial charge is 0.545 e. The number of aliphatic hydroxyl groups excluding tert-OH is 1. The number of carboxylic acid groups (broad SMARTS) is 1. The van der Waals surface area contributed by atoms with Crippen LogP contribution in [0.5, 0.6) is 0 Å². The van der Waals surface area contributed by atoms with Crippen molar-refractivity contribution in [2.24, 2.45) is 0 Å². The molecule has 1 N–H and O–H groups in total. The molecule has 0 aromatic heterocycles. The molecule has 0 aliphatic rings. The lowest BCUT2D eigenvalue weighted by atomic mass is 10.2. The summed E-state index contributed by atoms with van der Waals surface area (Å²) in [6, 6.07) is 0. The van der Waals surface area contributed by atoms with Crippen molar-refractivity contribution in [1.29, 1.82) is 0 Å². The van der Waals surface area contributed by atoms with E-state index in [4.69, 9.17) is 9.84 Å². The number of aliphatic hydroxyl groups is 1. The molecular formula is C11H17O5-. The number of hydrogen-bond donors (Lipinski definition) is 1. The standard InChI is InChI=1S/C11H18O5/c1-9(11(14)15)6-8-16-10(13)5-3-2-4-7-12/h12H,1-8H2,(H,14,15)/p-1. The zero-order valence-electron chi connectivity index (χ0n) is 9.24. The van der Waals surface area contributed by atoms with E-state index in [1.165, 1.54) is 0 Å². The lowest BCUT2D eigenvalue weighted by Crippen LogP contribution is -2.24. The minimum atomic E-state index is -1.32. The molecule has 0 spiro atoms. The molecule has 0 saturated carbocycles. The van der Waals surface area contributed by atoms with Crippen LogP contribution in [-0.4, -0.2) is 30.3 Å². The minimum Gasteiger partial charge on any atom is -0.545 e. The van der Waals surface area contributed by atoms with Gasteiger partial charge in [0.1, 0.15) is 0 Å². The second-order valence-corrected chi connectivity index (χ2v) is 3.40. The molecule has 0 aromatic carbocycles. The molecule has 0 aliphatic carbocycles. The summed E-state index contributed by atoms with van der Waals surface area (Å²) < 4.78 is 4.79. The van der Waals surface area contributed by atoms with Gasteiger partial charge in [0.05, 0.1) is 12.6 Å². The van der Waals surface area contributed by atoms with Gasteiger partial charge in [0, 0.05) is 19.4 Å². The molecule has 0 saturated heterocycles. The van der Waals surface area contributed by atoms with Gasteiger partial charge in [0.25, 0.3) is 0 Å². The fraction of sp³-hybridized carbons (Fsp3) is 0.636. The van der Waals surface area contributed by atoms with E-state index in [0.29, 0.717) is 12.8 Å². The SMILES string of the molecule is C=C(CCOC(=O)CCCCCO)C(=O)[O-]. The first-order valence-electron chi connectivity index (χ1n) is 5.23. The molecule has 0 fully saturated rings. The van der Waals surface area contributed by atoms with Crippen LogP contribution >= 0.6 is 0 Å². The number of carboxylic acids is 1. The highest BCUT2D eigenvalue weighted by atomic mass is 16.5. The minimum absolute atomic E-state index is 0.0195. The van der Waals surface area contributed by atoms with Crippen LogP contribution in [0.1, 0.15) is 32.1 Å². The van der Waals surface area contributed by atoms with Crippen LogP contribution in [0.2, 0.25) is 0 Å². The van der Waals surface area contributed by atoms with Gasteiger partial charge in [-0.2, -0.15) is 0 Å². The Hall–Kier alpha value is -1.36. The first-order chi connectivity index (χ1) is 7.57. The highest BCUT2D eigenvalue weighted by Crippen LogP contribution is 2.02. The maximum absolute atomic E-state index is 11.1. The Morgan fingerprint density at radius 1 is 1.19 bits per heavy atom. The second-order valence-electron chi connectivity index (χ2n) is 3.40. The van der Waals surface area contributed by atoms with Crippen LogP contribution in [0.3, 0.4) is 0 Å². The Kier molecular flexibility index (Phi) is 8.15. The average Bonchev–Trinajstić information content (AvgIpc) is 2.24. The third kappa shape index (κ3) is 7.99. The predicted molar refractivity (Wildman–Crippen MR) is 55.3 cm³/mol. The van der Waals surface area contributed by atoms with Crippen molar-refractivity contribution in [2.75, 3.05) is 13.2 Å². The van der Waals surface area contributed by atoms with E-state index >= 15 is 0 Å². The van der Waals surface area contributed by atoms with Crippen molar-refractivity contribution in [3.05, 3.63) is 12.2 Å². The summed E-state index contributed by atoms with van der Waals surface area (Å²) in [6.45, 7) is 3.40. The summed E-state index contributed by atoms with van der Waals surface area (Å²) >= 11 is 0. The van der Waals surface area contributed by atoms with Crippen LogP contribution in [-0.2, 0) is 14.3 Å². The summed E-state index contributed by atoms with van der Waals surface area (Å²) in [4.78, 5) is 21.3. The van der Waals surface area contributed by atoms with Gasteiger partial charge in [0.15, 0.2) is 0 Å². The maximum atomic E-state index is 11.1. The van der Waals surface area contributed by atoms with Crippen molar-refractivity contribution in [3.8, 4) is 0 Å². The molecule has 5 nitrogen and oxygen atoms in total. The highest BCUT2D eigenvalue weighted by Gasteiger charge is 2.03. The Bertz CT molecular complexity index is 247. The smallest absolute Gasteiger partial charge is 0.305 e. The lowest BCUT2D eigenvalue weighted by molar-refractivity contribution is -0.299.